The second kappa shape index (κ2) is 6.41. The molecular weight excluding hydrogens is 300 g/mol. The first kappa shape index (κ1) is 15.7. The van der Waals surface area contributed by atoms with Gasteiger partial charge in [-0.3, -0.25) is 0 Å². The molecule has 1 aromatic rings. The molecule has 7 heteroatoms. The highest BCUT2D eigenvalue weighted by atomic mass is 35.5. The van der Waals surface area contributed by atoms with Gasteiger partial charge in [-0.2, -0.15) is 4.31 Å². The van der Waals surface area contributed by atoms with Gasteiger partial charge < -0.3 is 10.5 Å². The third-order valence-electron chi connectivity index (χ3n) is 3.56. The number of halogens is 1. The van der Waals surface area contributed by atoms with Crippen LogP contribution in [0.1, 0.15) is 18.4 Å². The Hall–Kier alpha value is -0.660. The van der Waals surface area contributed by atoms with Gasteiger partial charge in [0.2, 0.25) is 10.0 Å². The van der Waals surface area contributed by atoms with Gasteiger partial charge in [-0.15, -0.1) is 0 Å². The summed E-state index contributed by atoms with van der Waals surface area (Å²) in [6.07, 6.45) is 1.64. The number of nitrogens with zero attached hydrogens (tertiary/aromatic N) is 1. The molecule has 112 valence electrons. The first-order chi connectivity index (χ1) is 9.48. The lowest BCUT2D eigenvalue weighted by molar-refractivity contribution is 0.0572. The average Bonchev–Trinajstić information content (AvgIpc) is 2.47. The van der Waals surface area contributed by atoms with Gasteiger partial charge in [-0.25, -0.2) is 8.42 Å². The van der Waals surface area contributed by atoms with E-state index in [1.165, 1.54) is 10.4 Å². The lowest BCUT2D eigenvalue weighted by Crippen LogP contribution is -2.42. The number of sulfonamides is 1. The summed E-state index contributed by atoms with van der Waals surface area (Å²) in [5.74, 6) is 0. The summed E-state index contributed by atoms with van der Waals surface area (Å²) in [6.45, 7) is 1.18. The zero-order valence-electron chi connectivity index (χ0n) is 11.4. The van der Waals surface area contributed by atoms with Crippen molar-refractivity contribution in [3.8, 4) is 0 Å². The Morgan fingerprint density at radius 3 is 2.85 bits per heavy atom. The predicted molar refractivity (Wildman–Crippen MR) is 78.1 cm³/mol. The number of ether oxygens (including phenoxy) is 1. The van der Waals surface area contributed by atoms with E-state index in [1.807, 2.05) is 0 Å². The first-order valence-electron chi connectivity index (χ1n) is 6.50. The molecule has 1 aliphatic rings. The molecule has 1 saturated heterocycles. The Bertz CT molecular complexity index is 577. The van der Waals surface area contributed by atoms with Crippen LogP contribution < -0.4 is 5.73 Å². The van der Waals surface area contributed by atoms with E-state index in [4.69, 9.17) is 22.1 Å². The van der Waals surface area contributed by atoms with Crippen LogP contribution in [-0.4, -0.2) is 39.0 Å². The molecule has 2 rings (SSSR count). The van der Waals surface area contributed by atoms with Gasteiger partial charge >= 0.3 is 0 Å². The van der Waals surface area contributed by atoms with Gasteiger partial charge in [0.15, 0.2) is 0 Å². The second-order valence-electron chi connectivity index (χ2n) is 4.82. The number of nitrogens with two attached hydrogens (primary N) is 1. The molecule has 0 aliphatic carbocycles. The molecule has 0 aromatic heterocycles. The van der Waals surface area contributed by atoms with Crippen LogP contribution in [0.15, 0.2) is 23.1 Å². The molecule has 0 saturated carbocycles. The summed E-state index contributed by atoms with van der Waals surface area (Å²) in [5, 5.41) is 0.383. The second-order valence-corrected chi connectivity index (χ2v) is 7.17. The van der Waals surface area contributed by atoms with Crippen LogP contribution >= 0.6 is 11.6 Å². The molecule has 0 amide bonds. The standard InChI is InChI=1S/C13H19ClN2O3S/c1-19-11-3-2-6-16(9-11)20(17,18)12-5-4-10(8-15)13(14)7-12/h4-5,7,11H,2-3,6,8-9,15H2,1H3. The predicted octanol–water partition coefficient (Wildman–Crippen LogP) is 1.60. The van der Waals surface area contributed by atoms with Crippen molar-refractivity contribution in [2.24, 2.45) is 5.73 Å². The Balaban J connectivity index is 2.28. The van der Waals surface area contributed by atoms with Gasteiger partial charge in [0.1, 0.15) is 0 Å². The first-order valence-corrected chi connectivity index (χ1v) is 8.32. The zero-order chi connectivity index (χ0) is 14.8. The third-order valence-corrected chi connectivity index (χ3v) is 5.77. The Labute approximate surface area is 124 Å². The van der Waals surface area contributed by atoms with E-state index in [-0.39, 0.29) is 17.5 Å². The van der Waals surface area contributed by atoms with Crippen LogP contribution in [0.25, 0.3) is 0 Å². The molecule has 0 spiro atoms. The normalized spacial score (nSPS) is 21.1. The Kier molecular flexibility index (Phi) is 5.04. The van der Waals surface area contributed by atoms with E-state index in [9.17, 15) is 8.42 Å². The molecule has 1 aliphatic heterocycles. The zero-order valence-corrected chi connectivity index (χ0v) is 13.0. The van der Waals surface area contributed by atoms with E-state index in [2.05, 4.69) is 0 Å². The Morgan fingerprint density at radius 2 is 2.25 bits per heavy atom. The highest BCUT2D eigenvalue weighted by Crippen LogP contribution is 2.25. The van der Waals surface area contributed by atoms with Crippen molar-refractivity contribution in [3.05, 3.63) is 28.8 Å². The van der Waals surface area contributed by atoms with Crippen molar-refractivity contribution in [1.82, 2.24) is 4.31 Å². The monoisotopic (exact) mass is 318 g/mol. The summed E-state index contributed by atoms with van der Waals surface area (Å²) >= 11 is 6.04. The van der Waals surface area contributed by atoms with Crippen molar-refractivity contribution >= 4 is 21.6 Å². The number of methoxy groups -OCH3 is 1. The maximum atomic E-state index is 12.6. The van der Waals surface area contributed by atoms with Gasteiger partial charge in [0.05, 0.1) is 11.0 Å². The fraction of sp³-hybridized carbons (Fsp3) is 0.538. The third kappa shape index (κ3) is 3.15. The number of hydrogen-bond acceptors (Lipinski definition) is 4. The van der Waals surface area contributed by atoms with Gasteiger partial charge in [0, 0.05) is 31.8 Å². The van der Waals surface area contributed by atoms with Crippen molar-refractivity contribution in [1.29, 1.82) is 0 Å². The molecule has 0 radical (unpaired) electrons. The molecule has 1 aromatic carbocycles. The topological polar surface area (TPSA) is 72.6 Å². The van der Waals surface area contributed by atoms with Crippen LogP contribution in [-0.2, 0) is 21.3 Å². The van der Waals surface area contributed by atoms with Gasteiger partial charge in [-0.05, 0) is 30.5 Å². The summed E-state index contributed by atoms with van der Waals surface area (Å²) in [5.41, 5.74) is 6.26. The Morgan fingerprint density at radius 1 is 1.50 bits per heavy atom. The minimum Gasteiger partial charge on any atom is -0.380 e. The molecule has 0 bridgehead atoms. The highest BCUT2D eigenvalue weighted by molar-refractivity contribution is 7.89. The molecule has 1 unspecified atom stereocenters. The van der Waals surface area contributed by atoms with E-state index in [1.54, 1.807) is 19.2 Å². The smallest absolute Gasteiger partial charge is 0.243 e. The number of piperidine rings is 1. The van der Waals surface area contributed by atoms with E-state index in [0.29, 0.717) is 18.1 Å². The summed E-state index contributed by atoms with van der Waals surface area (Å²) in [4.78, 5) is 0.205. The largest absolute Gasteiger partial charge is 0.380 e. The lowest BCUT2D eigenvalue weighted by Gasteiger charge is -2.31. The van der Waals surface area contributed by atoms with Crippen molar-refractivity contribution in [3.63, 3.8) is 0 Å². The molecule has 20 heavy (non-hydrogen) atoms. The van der Waals surface area contributed by atoms with Crippen LogP contribution in [0, 0.1) is 0 Å². The van der Waals surface area contributed by atoms with E-state index < -0.39 is 10.0 Å². The van der Waals surface area contributed by atoms with Crippen molar-refractivity contribution in [2.45, 2.75) is 30.4 Å². The summed E-state index contributed by atoms with van der Waals surface area (Å²) in [6, 6.07) is 4.68. The van der Waals surface area contributed by atoms with Gasteiger partial charge in [-0.1, -0.05) is 17.7 Å². The van der Waals surface area contributed by atoms with Crippen molar-refractivity contribution in [2.75, 3.05) is 20.2 Å². The number of rotatable bonds is 4. The van der Waals surface area contributed by atoms with Crippen molar-refractivity contribution < 1.29 is 13.2 Å². The maximum absolute atomic E-state index is 12.6. The average molecular weight is 319 g/mol. The minimum atomic E-state index is -3.52. The van der Waals surface area contributed by atoms with Gasteiger partial charge in [0.25, 0.3) is 0 Å². The molecule has 1 atom stereocenters. The fourth-order valence-corrected chi connectivity index (χ4v) is 4.18. The molecule has 5 nitrogen and oxygen atoms in total. The van der Waals surface area contributed by atoms with E-state index in [0.717, 1.165) is 18.4 Å². The van der Waals surface area contributed by atoms with Crippen LogP contribution in [0.2, 0.25) is 5.02 Å². The van der Waals surface area contributed by atoms with Crippen LogP contribution in [0.5, 0.6) is 0 Å². The van der Waals surface area contributed by atoms with Crippen LogP contribution in [0.4, 0.5) is 0 Å². The summed E-state index contributed by atoms with van der Waals surface area (Å²) in [7, 11) is -1.92. The fourth-order valence-electron chi connectivity index (χ4n) is 2.32. The number of hydrogen-bond donors (Lipinski definition) is 1. The number of benzene rings is 1. The highest BCUT2D eigenvalue weighted by Gasteiger charge is 2.30. The lowest BCUT2D eigenvalue weighted by atomic mass is 10.1. The van der Waals surface area contributed by atoms with E-state index >= 15 is 0 Å². The molecule has 2 N–H and O–H groups in total. The summed E-state index contributed by atoms with van der Waals surface area (Å²) < 4.78 is 31.9. The molecule has 1 fully saturated rings. The minimum absolute atomic E-state index is 0.0442. The maximum Gasteiger partial charge on any atom is 0.243 e. The van der Waals surface area contributed by atoms with Crippen LogP contribution in [0.3, 0.4) is 0 Å². The SMILES string of the molecule is COC1CCCN(S(=O)(=O)c2ccc(CN)c(Cl)c2)C1. The quantitative estimate of drug-likeness (QED) is 0.915. The molecule has 1 heterocycles. The molecular formula is C13H19ClN2O3S.